The minimum atomic E-state index is 0.627. The molecule has 2 heteroatoms. The summed E-state index contributed by atoms with van der Waals surface area (Å²) >= 11 is 0. The first kappa shape index (κ1) is 9.59. The predicted octanol–water partition coefficient (Wildman–Crippen LogP) is 2.02. The third kappa shape index (κ3) is 2.52. The van der Waals surface area contributed by atoms with Crippen molar-refractivity contribution in [2.75, 3.05) is 19.7 Å². The van der Waals surface area contributed by atoms with E-state index in [0.717, 1.165) is 31.9 Å². The molecular formula is C10H19NO. The largest absolute Gasteiger partial charge is 0.497 e. The van der Waals surface area contributed by atoms with Crippen molar-refractivity contribution in [3.05, 3.63) is 11.8 Å². The summed E-state index contributed by atoms with van der Waals surface area (Å²) in [6, 6.07) is 0.627. The van der Waals surface area contributed by atoms with E-state index in [1.54, 1.807) is 0 Å². The normalized spacial score (nSPS) is 24.2. The van der Waals surface area contributed by atoms with Crippen LogP contribution in [0.2, 0.25) is 0 Å². The van der Waals surface area contributed by atoms with Crippen LogP contribution in [-0.2, 0) is 4.74 Å². The standard InChI is InChI=1S/C10H19NO/c1-4-10-8-11(9(2)3)6-5-7-12-10/h4,9H,5-8H2,1-3H3/b10-4+. The highest BCUT2D eigenvalue weighted by atomic mass is 16.5. The number of hydrogen-bond donors (Lipinski definition) is 0. The lowest BCUT2D eigenvalue weighted by Gasteiger charge is -2.23. The first-order valence-electron chi connectivity index (χ1n) is 4.76. The molecule has 0 aromatic carbocycles. The maximum Gasteiger partial charge on any atom is 0.106 e. The van der Waals surface area contributed by atoms with Gasteiger partial charge in [0.25, 0.3) is 0 Å². The average molecular weight is 169 g/mol. The van der Waals surface area contributed by atoms with E-state index in [9.17, 15) is 0 Å². The molecule has 0 radical (unpaired) electrons. The van der Waals surface area contributed by atoms with E-state index < -0.39 is 0 Å². The lowest BCUT2D eigenvalue weighted by molar-refractivity contribution is 0.206. The summed E-state index contributed by atoms with van der Waals surface area (Å²) in [5, 5.41) is 0. The summed E-state index contributed by atoms with van der Waals surface area (Å²) in [6.45, 7) is 9.53. The molecule has 12 heavy (non-hydrogen) atoms. The maximum absolute atomic E-state index is 5.55. The average Bonchev–Trinajstić information content (AvgIpc) is 2.28. The molecule has 1 fully saturated rings. The summed E-state index contributed by atoms with van der Waals surface area (Å²) < 4.78 is 5.55. The van der Waals surface area contributed by atoms with Crippen molar-refractivity contribution in [2.45, 2.75) is 33.2 Å². The molecular weight excluding hydrogens is 150 g/mol. The van der Waals surface area contributed by atoms with Crippen molar-refractivity contribution in [1.82, 2.24) is 4.90 Å². The van der Waals surface area contributed by atoms with E-state index in [1.807, 2.05) is 6.92 Å². The molecule has 1 saturated heterocycles. The number of hydrogen-bond acceptors (Lipinski definition) is 2. The minimum absolute atomic E-state index is 0.627. The Morgan fingerprint density at radius 1 is 1.50 bits per heavy atom. The van der Waals surface area contributed by atoms with Crippen LogP contribution in [0.4, 0.5) is 0 Å². The van der Waals surface area contributed by atoms with Gasteiger partial charge in [0.1, 0.15) is 5.76 Å². The van der Waals surface area contributed by atoms with Crippen molar-refractivity contribution >= 4 is 0 Å². The highest BCUT2D eigenvalue weighted by molar-refractivity contribution is 4.95. The minimum Gasteiger partial charge on any atom is -0.497 e. The Morgan fingerprint density at radius 2 is 2.25 bits per heavy atom. The van der Waals surface area contributed by atoms with Crippen LogP contribution in [-0.4, -0.2) is 30.6 Å². The van der Waals surface area contributed by atoms with Gasteiger partial charge >= 0.3 is 0 Å². The molecule has 0 bridgehead atoms. The fourth-order valence-corrected chi connectivity index (χ4v) is 1.41. The van der Waals surface area contributed by atoms with Gasteiger partial charge < -0.3 is 4.74 Å². The van der Waals surface area contributed by atoms with E-state index in [0.29, 0.717) is 6.04 Å². The Morgan fingerprint density at radius 3 is 2.83 bits per heavy atom. The fourth-order valence-electron chi connectivity index (χ4n) is 1.41. The third-order valence-corrected chi connectivity index (χ3v) is 2.29. The second kappa shape index (κ2) is 4.51. The van der Waals surface area contributed by atoms with Gasteiger partial charge in [0.05, 0.1) is 13.2 Å². The van der Waals surface area contributed by atoms with Crippen molar-refractivity contribution < 1.29 is 4.74 Å². The lowest BCUT2D eigenvalue weighted by Crippen LogP contribution is -2.32. The lowest BCUT2D eigenvalue weighted by atomic mass is 10.3. The van der Waals surface area contributed by atoms with Crippen molar-refractivity contribution in [3.8, 4) is 0 Å². The SMILES string of the molecule is C/C=C1\CN(C(C)C)CCCO1. The van der Waals surface area contributed by atoms with E-state index in [2.05, 4.69) is 24.8 Å². The molecule has 2 nitrogen and oxygen atoms in total. The molecule has 0 N–H and O–H groups in total. The molecule has 0 aliphatic carbocycles. The van der Waals surface area contributed by atoms with E-state index >= 15 is 0 Å². The first-order valence-corrected chi connectivity index (χ1v) is 4.76. The number of rotatable bonds is 1. The van der Waals surface area contributed by atoms with Gasteiger partial charge in [0.2, 0.25) is 0 Å². The van der Waals surface area contributed by atoms with E-state index in [4.69, 9.17) is 4.74 Å². The van der Waals surface area contributed by atoms with Crippen LogP contribution >= 0.6 is 0 Å². The second-order valence-corrected chi connectivity index (χ2v) is 3.52. The molecule has 0 amide bonds. The molecule has 0 aromatic heterocycles. The molecule has 0 unspecified atom stereocenters. The van der Waals surface area contributed by atoms with E-state index in [-0.39, 0.29) is 0 Å². The summed E-state index contributed by atoms with van der Waals surface area (Å²) in [5.74, 6) is 1.13. The summed E-state index contributed by atoms with van der Waals surface area (Å²) in [7, 11) is 0. The number of ether oxygens (including phenoxy) is 1. The van der Waals surface area contributed by atoms with Crippen LogP contribution in [0.5, 0.6) is 0 Å². The predicted molar refractivity (Wildman–Crippen MR) is 51.0 cm³/mol. The highest BCUT2D eigenvalue weighted by Crippen LogP contribution is 2.11. The Balaban J connectivity index is 2.53. The zero-order valence-corrected chi connectivity index (χ0v) is 8.34. The van der Waals surface area contributed by atoms with Gasteiger partial charge in [-0.3, -0.25) is 4.90 Å². The first-order chi connectivity index (χ1) is 5.74. The van der Waals surface area contributed by atoms with Crippen LogP contribution < -0.4 is 0 Å². The maximum atomic E-state index is 5.55. The summed E-state index contributed by atoms with van der Waals surface area (Å²) in [6.07, 6.45) is 3.22. The molecule has 0 atom stereocenters. The van der Waals surface area contributed by atoms with Gasteiger partial charge in [-0.1, -0.05) is 0 Å². The Labute approximate surface area is 75.2 Å². The summed E-state index contributed by atoms with van der Waals surface area (Å²) in [5.41, 5.74) is 0. The molecule has 1 rings (SSSR count). The zero-order chi connectivity index (χ0) is 8.97. The molecule has 0 saturated carbocycles. The smallest absolute Gasteiger partial charge is 0.106 e. The van der Waals surface area contributed by atoms with Gasteiger partial charge in [0.15, 0.2) is 0 Å². The van der Waals surface area contributed by atoms with Crippen LogP contribution in [0.1, 0.15) is 27.2 Å². The van der Waals surface area contributed by atoms with Crippen molar-refractivity contribution in [3.63, 3.8) is 0 Å². The van der Waals surface area contributed by atoms with Gasteiger partial charge in [0, 0.05) is 12.6 Å². The molecule has 70 valence electrons. The van der Waals surface area contributed by atoms with Crippen molar-refractivity contribution in [2.24, 2.45) is 0 Å². The quantitative estimate of drug-likeness (QED) is 0.595. The van der Waals surface area contributed by atoms with Crippen LogP contribution in [0, 0.1) is 0 Å². The molecule has 1 aliphatic heterocycles. The van der Waals surface area contributed by atoms with E-state index in [1.165, 1.54) is 0 Å². The fraction of sp³-hybridized carbons (Fsp3) is 0.800. The second-order valence-electron chi connectivity index (χ2n) is 3.52. The van der Waals surface area contributed by atoms with Crippen LogP contribution in [0.3, 0.4) is 0 Å². The highest BCUT2D eigenvalue weighted by Gasteiger charge is 2.14. The van der Waals surface area contributed by atoms with Crippen LogP contribution in [0.25, 0.3) is 0 Å². The van der Waals surface area contributed by atoms with Gasteiger partial charge in [-0.25, -0.2) is 0 Å². The van der Waals surface area contributed by atoms with Crippen molar-refractivity contribution in [1.29, 1.82) is 0 Å². The molecule has 0 aromatic rings. The number of nitrogens with zero attached hydrogens (tertiary/aromatic N) is 1. The topological polar surface area (TPSA) is 12.5 Å². The number of allylic oxidation sites excluding steroid dienone is 1. The summed E-state index contributed by atoms with van der Waals surface area (Å²) in [4.78, 5) is 2.45. The Hall–Kier alpha value is -0.500. The molecule has 0 spiro atoms. The van der Waals surface area contributed by atoms with Gasteiger partial charge in [-0.05, 0) is 33.3 Å². The van der Waals surface area contributed by atoms with Gasteiger partial charge in [-0.15, -0.1) is 0 Å². The molecule has 1 heterocycles. The molecule has 1 aliphatic rings. The third-order valence-electron chi connectivity index (χ3n) is 2.29. The monoisotopic (exact) mass is 169 g/mol. The Kier molecular flexibility index (Phi) is 3.60. The Bertz CT molecular complexity index is 163. The van der Waals surface area contributed by atoms with Gasteiger partial charge in [-0.2, -0.15) is 0 Å². The zero-order valence-electron chi connectivity index (χ0n) is 8.34. The van der Waals surface area contributed by atoms with Crippen LogP contribution in [0.15, 0.2) is 11.8 Å².